The van der Waals surface area contributed by atoms with Gasteiger partial charge in [0.2, 0.25) is 15.9 Å². The van der Waals surface area contributed by atoms with Crippen molar-refractivity contribution in [2.24, 2.45) is 18.9 Å². The number of aryl methyl sites for hydroxylation is 1. The fraction of sp³-hybridized carbons (Fsp3) is 0.415. The van der Waals surface area contributed by atoms with E-state index in [0.717, 1.165) is 35.8 Å². The number of amides is 1. The fourth-order valence-corrected chi connectivity index (χ4v) is 9.54. The number of hydrogen-bond donors (Lipinski definition) is 2. The average molecular weight is 971 g/mol. The highest BCUT2D eigenvalue weighted by atomic mass is 35.5. The second-order valence-corrected chi connectivity index (χ2v) is 19.0. The molecule has 1 amide bonds. The first kappa shape index (κ1) is 45.3. The van der Waals surface area contributed by atoms with Crippen LogP contribution in [0.5, 0.6) is 0 Å². The highest BCUT2D eigenvalue weighted by Gasteiger charge is 2.67. The molecule has 2 saturated carbocycles. The van der Waals surface area contributed by atoms with Gasteiger partial charge in [0, 0.05) is 44.1 Å². The van der Waals surface area contributed by atoms with Gasteiger partial charge in [-0.25, -0.2) is 35.9 Å². The summed E-state index contributed by atoms with van der Waals surface area (Å²) in [5.41, 5.74) is -3.58. The van der Waals surface area contributed by atoms with Crippen molar-refractivity contribution in [1.29, 1.82) is 0 Å². The maximum absolute atomic E-state index is 15.6. The number of halogens is 10. The molecule has 2 N–H and O–H groups in total. The van der Waals surface area contributed by atoms with Crippen LogP contribution in [0.2, 0.25) is 5.02 Å². The highest BCUT2D eigenvalue weighted by Crippen LogP contribution is 2.68. The Bertz CT molecular complexity index is 3120. The van der Waals surface area contributed by atoms with Crippen LogP contribution >= 0.6 is 11.6 Å². The predicted molar refractivity (Wildman–Crippen MR) is 221 cm³/mol. The van der Waals surface area contributed by atoms with Gasteiger partial charge in [-0.1, -0.05) is 11.6 Å². The molecule has 9 rings (SSSR count). The molecule has 0 radical (unpaired) electrons. The quantitative estimate of drug-likeness (QED) is 0.0989. The van der Waals surface area contributed by atoms with Crippen LogP contribution in [0.3, 0.4) is 0 Å². The first-order chi connectivity index (χ1) is 31.0. The summed E-state index contributed by atoms with van der Waals surface area (Å²) >= 11 is 6.61. The topological polar surface area (TPSA) is 162 Å². The molecule has 25 heteroatoms. The first-order valence-electron chi connectivity index (χ1n) is 20.4. The van der Waals surface area contributed by atoms with Gasteiger partial charge in [0.1, 0.15) is 41.2 Å². The van der Waals surface area contributed by atoms with E-state index < -0.39 is 113 Å². The van der Waals surface area contributed by atoms with Crippen molar-refractivity contribution in [2.75, 3.05) is 29.0 Å². The van der Waals surface area contributed by atoms with Crippen LogP contribution in [-0.2, 0) is 40.8 Å². The molecule has 2 fully saturated rings. The largest absolute Gasteiger partial charge is 0.390 e. The summed E-state index contributed by atoms with van der Waals surface area (Å²) in [6.07, 6.45) is -7.23. The van der Waals surface area contributed by atoms with E-state index in [4.69, 9.17) is 16.6 Å². The summed E-state index contributed by atoms with van der Waals surface area (Å²) < 4.78 is 159. The molecular weight excluding hydrogens is 935 g/mol. The van der Waals surface area contributed by atoms with Gasteiger partial charge in [0.05, 0.1) is 45.7 Å². The van der Waals surface area contributed by atoms with Crippen molar-refractivity contribution >= 4 is 61.1 Å². The normalized spacial score (nSPS) is 18.2. The zero-order chi connectivity index (χ0) is 47.4. The van der Waals surface area contributed by atoms with Gasteiger partial charge in [-0.15, -0.1) is 0 Å². The van der Waals surface area contributed by atoms with Gasteiger partial charge in [0.25, 0.3) is 17.9 Å². The molecular formula is C41H36ClF9N10O4S. The zero-order valence-electron chi connectivity index (χ0n) is 34.5. The molecule has 6 aromatic rings. The fourth-order valence-electron chi connectivity index (χ4n) is 8.80. The van der Waals surface area contributed by atoms with Crippen molar-refractivity contribution < 1.29 is 52.7 Å². The first-order valence-corrected chi connectivity index (χ1v) is 22.6. The van der Waals surface area contributed by atoms with Crippen molar-refractivity contribution in [2.45, 2.75) is 69.1 Å². The molecule has 2 aromatic carbocycles. The Hall–Kier alpha value is -5.91. The van der Waals surface area contributed by atoms with Crippen molar-refractivity contribution in [3.8, 4) is 5.69 Å². The van der Waals surface area contributed by atoms with E-state index in [0.29, 0.717) is 10.7 Å². The van der Waals surface area contributed by atoms with Crippen LogP contribution in [0, 0.1) is 23.5 Å². The lowest BCUT2D eigenvalue weighted by molar-refractivity contribution is -0.132. The molecule has 0 saturated heterocycles. The highest BCUT2D eigenvalue weighted by molar-refractivity contribution is 7.92. The molecule has 3 aliphatic carbocycles. The summed E-state index contributed by atoms with van der Waals surface area (Å²) in [4.78, 5) is 39.8. The van der Waals surface area contributed by atoms with Gasteiger partial charge in [-0.05, 0) is 73.1 Å². The monoisotopic (exact) mass is 970 g/mol. The molecule has 0 spiro atoms. The number of carbonyl (C=O) groups is 1. The number of sulfonamides is 1. The lowest BCUT2D eigenvalue weighted by Gasteiger charge is -2.26. The van der Waals surface area contributed by atoms with E-state index in [9.17, 15) is 43.9 Å². The molecule has 4 aromatic heterocycles. The number of aromatic nitrogens is 7. The molecule has 3 aliphatic rings. The minimum absolute atomic E-state index is 0.0111. The number of alkyl halides is 7. The number of nitrogens with one attached hydrogen (secondary N) is 2. The Morgan fingerprint density at radius 2 is 1.76 bits per heavy atom. The number of carbonyl (C=O) groups excluding carboxylic acids is 1. The predicted octanol–water partition coefficient (Wildman–Crippen LogP) is 7.58. The molecule has 0 bridgehead atoms. The lowest BCUT2D eigenvalue weighted by atomic mass is 10.0. The van der Waals surface area contributed by atoms with Crippen LogP contribution in [0.4, 0.5) is 51.1 Å². The molecule has 3 atom stereocenters. The number of rotatable bonds is 15. The maximum atomic E-state index is 15.6. The third-order valence-electron chi connectivity index (χ3n) is 11.8. The van der Waals surface area contributed by atoms with Gasteiger partial charge in [-0.3, -0.25) is 28.2 Å². The van der Waals surface area contributed by atoms with E-state index in [1.807, 2.05) is 0 Å². The summed E-state index contributed by atoms with van der Waals surface area (Å²) in [6.45, 7) is -1.37. The number of hydrogen-bond acceptors (Lipinski definition) is 9. The zero-order valence-corrected chi connectivity index (χ0v) is 36.1. The minimum atomic E-state index is -4.53. The van der Waals surface area contributed by atoms with Gasteiger partial charge in [0.15, 0.2) is 11.5 Å². The molecule has 350 valence electrons. The van der Waals surface area contributed by atoms with Gasteiger partial charge >= 0.3 is 6.18 Å². The van der Waals surface area contributed by atoms with Crippen molar-refractivity contribution in [3.63, 3.8) is 0 Å². The smallest absolute Gasteiger partial charge is 0.356 e. The van der Waals surface area contributed by atoms with Crippen molar-refractivity contribution in [1.82, 2.24) is 39.4 Å². The molecule has 66 heavy (non-hydrogen) atoms. The van der Waals surface area contributed by atoms with Crippen LogP contribution < -0.4 is 20.5 Å². The number of benzene rings is 2. The summed E-state index contributed by atoms with van der Waals surface area (Å²) in [5.74, 6) is -9.60. The average Bonchev–Trinajstić information content (AvgIpc) is 4.12. The molecule has 4 heterocycles. The number of fused-ring (bicyclic) bond motifs is 5. The maximum Gasteiger partial charge on any atom is 0.390 e. The Morgan fingerprint density at radius 1 is 1.05 bits per heavy atom. The van der Waals surface area contributed by atoms with E-state index in [1.165, 1.54) is 40.9 Å². The second-order valence-electron chi connectivity index (χ2n) is 16.8. The second kappa shape index (κ2) is 16.2. The van der Waals surface area contributed by atoms with E-state index >= 15 is 13.6 Å². The van der Waals surface area contributed by atoms with E-state index in [1.54, 1.807) is 0 Å². The van der Waals surface area contributed by atoms with E-state index in [-0.39, 0.29) is 74.3 Å². The summed E-state index contributed by atoms with van der Waals surface area (Å²) in [7, 11) is -2.58. The minimum Gasteiger partial charge on any atom is -0.356 e. The van der Waals surface area contributed by atoms with Gasteiger partial charge in [-0.2, -0.15) is 32.1 Å². The van der Waals surface area contributed by atoms with Crippen LogP contribution in [0.15, 0.2) is 47.3 Å². The third kappa shape index (κ3) is 8.63. The standard InChI is InChI=1S/C41H36ClF9N10O4S/c1-58-33-27(7-6-25(42)31(33)37(56-58)57-66(2,64)65)61-38(54-36-22(39(61)63)5-8-28(53-36)59(16-18-3-4-18)10-9-40(47,48)49)26(13-19-11-20(43)14-21(44)12-19)52-29(62)17-60-34-30(32(55-60)35(45)46)23-15-24(23)41(34,50)51/h5-8,11-12,14,18,23-24,26,35H,3-4,9-10,13,15-17H2,1-2H3,(H,52,62)(H,56,57)/t23-,24+,26-/m0/s1. The Morgan fingerprint density at radius 3 is 2.41 bits per heavy atom. The van der Waals surface area contributed by atoms with Crippen LogP contribution in [0.1, 0.15) is 72.4 Å². The van der Waals surface area contributed by atoms with Crippen LogP contribution in [0.25, 0.3) is 27.6 Å². The number of nitrogens with zero attached hydrogens (tertiary/aromatic N) is 8. The summed E-state index contributed by atoms with van der Waals surface area (Å²) in [6, 6.07) is 5.97. The van der Waals surface area contributed by atoms with Gasteiger partial charge < -0.3 is 10.2 Å². The van der Waals surface area contributed by atoms with Crippen LogP contribution in [-0.4, -0.2) is 73.9 Å². The summed E-state index contributed by atoms with van der Waals surface area (Å²) in [5, 5.41) is 10.3. The van der Waals surface area contributed by atoms with Crippen molar-refractivity contribution in [3.05, 3.63) is 97.8 Å². The SMILES string of the molecule is Cn1nc(NS(C)(=O)=O)c2c(Cl)ccc(-n3c([C@H](Cc4cc(F)cc(F)c4)NC(=O)Cn4nc(C(F)F)c5c4C(F)(F)[C@@H]4C[C@H]54)nc4nc(N(CCC(F)(F)F)CC5CC5)ccc4c3=O)c21. The third-order valence-corrected chi connectivity index (χ3v) is 12.7. The lowest BCUT2D eigenvalue weighted by Crippen LogP contribution is -2.38. The Kier molecular flexibility index (Phi) is 11.1. The molecule has 0 unspecified atom stereocenters. The molecule has 0 aliphatic heterocycles. The molecule has 14 nitrogen and oxygen atoms in total. The number of anilines is 2. The Balaban J connectivity index is 1.24. The van der Waals surface area contributed by atoms with E-state index in [2.05, 4.69) is 25.2 Å². The number of pyridine rings is 1. The Labute approximate surface area is 372 Å².